The van der Waals surface area contributed by atoms with Crippen molar-refractivity contribution in [1.29, 1.82) is 0 Å². The topological polar surface area (TPSA) is 64.0 Å². The Morgan fingerprint density at radius 3 is 2.48 bits per heavy atom. The van der Waals surface area contributed by atoms with Crippen molar-refractivity contribution in [2.24, 2.45) is 0 Å². The number of nitrogens with one attached hydrogen (secondary N) is 2. The number of ether oxygens (including phenoxy) is 1. The Hall–Kier alpha value is -0.980. The first-order valence-electron chi connectivity index (χ1n) is 8.86. The van der Waals surface area contributed by atoms with Crippen LogP contribution in [0, 0.1) is 0 Å². The Labute approximate surface area is 142 Å². The largest absolute Gasteiger partial charge is 0.368 e. The fraction of sp³-hybridized carbons (Fsp3) is 0.882. The zero-order valence-electron chi connectivity index (χ0n) is 16.3. The maximum atomic E-state index is 6.02. The second kappa shape index (κ2) is 11.5. The van der Waals surface area contributed by atoms with Crippen LogP contribution < -0.4 is 10.6 Å². The summed E-state index contributed by atoms with van der Waals surface area (Å²) in [5, 5.41) is 15.1. The van der Waals surface area contributed by atoms with E-state index in [2.05, 4.69) is 48.6 Å². The van der Waals surface area contributed by atoms with E-state index in [4.69, 9.17) is 4.74 Å². The van der Waals surface area contributed by atoms with E-state index in [0.717, 1.165) is 25.3 Å². The molecule has 1 atom stereocenters. The number of aromatic nitrogens is 3. The van der Waals surface area contributed by atoms with E-state index in [9.17, 15) is 0 Å². The SMILES string of the molecule is CC.CCNCCn1cc(C(C)(C)OCC(C)NC(C)C)nn1. The van der Waals surface area contributed by atoms with Gasteiger partial charge < -0.3 is 15.4 Å². The van der Waals surface area contributed by atoms with Gasteiger partial charge in [0.1, 0.15) is 11.3 Å². The molecule has 0 aliphatic heterocycles. The molecule has 1 heterocycles. The Balaban J connectivity index is 0.00000232. The first-order valence-corrected chi connectivity index (χ1v) is 8.86. The third-order valence-electron chi connectivity index (χ3n) is 3.24. The van der Waals surface area contributed by atoms with E-state index < -0.39 is 5.60 Å². The van der Waals surface area contributed by atoms with Gasteiger partial charge in [0.15, 0.2) is 0 Å². The van der Waals surface area contributed by atoms with Gasteiger partial charge >= 0.3 is 0 Å². The fourth-order valence-corrected chi connectivity index (χ4v) is 2.08. The highest BCUT2D eigenvalue weighted by Crippen LogP contribution is 2.22. The Morgan fingerprint density at radius 1 is 1.26 bits per heavy atom. The lowest BCUT2D eigenvalue weighted by atomic mass is 10.1. The van der Waals surface area contributed by atoms with Crippen molar-refractivity contribution in [3.8, 4) is 0 Å². The zero-order valence-corrected chi connectivity index (χ0v) is 16.3. The predicted octanol–water partition coefficient (Wildman–Crippen LogP) is 2.55. The third kappa shape index (κ3) is 9.03. The summed E-state index contributed by atoms with van der Waals surface area (Å²) in [5.74, 6) is 0. The summed E-state index contributed by atoms with van der Waals surface area (Å²) in [4.78, 5) is 0. The first-order chi connectivity index (χ1) is 10.8. The minimum Gasteiger partial charge on any atom is -0.368 e. The molecular formula is C17H37N5O. The second-order valence-electron chi connectivity index (χ2n) is 6.26. The molecule has 6 heteroatoms. The second-order valence-corrected chi connectivity index (χ2v) is 6.26. The van der Waals surface area contributed by atoms with Crippen molar-refractivity contribution in [3.05, 3.63) is 11.9 Å². The zero-order chi connectivity index (χ0) is 17.9. The van der Waals surface area contributed by atoms with Crippen molar-refractivity contribution in [1.82, 2.24) is 25.6 Å². The minimum atomic E-state index is -0.427. The Kier molecular flexibility index (Phi) is 11.0. The van der Waals surface area contributed by atoms with Crippen molar-refractivity contribution < 1.29 is 4.74 Å². The maximum absolute atomic E-state index is 6.02. The molecule has 1 aromatic heterocycles. The molecule has 0 saturated carbocycles. The van der Waals surface area contributed by atoms with Crippen LogP contribution in [-0.4, -0.2) is 46.8 Å². The highest BCUT2D eigenvalue weighted by molar-refractivity contribution is 5.04. The standard InChI is InChI=1S/C15H31N5O.C2H6/c1-7-16-8-9-20-10-14(18-19-20)15(5,6)21-11-13(4)17-12(2)3;1-2/h10,12-13,16-17H,7-9,11H2,1-6H3;1-2H3. The highest BCUT2D eigenvalue weighted by atomic mass is 16.5. The molecule has 1 aromatic rings. The molecule has 23 heavy (non-hydrogen) atoms. The summed E-state index contributed by atoms with van der Waals surface area (Å²) >= 11 is 0. The van der Waals surface area contributed by atoms with Crippen LogP contribution in [0.25, 0.3) is 0 Å². The van der Waals surface area contributed by atoms with Crippen molar-refractivity contribution in [2.45, 2.75) is 79.6 Å². The highest BCUT2D eigenvalue weighted by Gasteiger charge is 2.25. The van der Waals surface area contributed by atoms with Gasteiger partial charge in [-0.3, -0.25) is 4.68 Å². The lowest BCUT2D eigenvalue weighted by Crippen LogP contribution is -2.38. The molecule has 136 valence electrons. The number of likely N-dealkylation sites (N-methyl/N-ethyl adjacent to an activating group) is 1. The van der Waals surface area contributed by atoms with Gasteiger partial charge in [-0.15, -0.1) is 5.10 Å². The van der Waals surface area contributed by atoms with Crippen LogP contribution in [0.1, 0.15) is 61.1 Å². The number of hydrogen-bond donors (Lipinski definition) is 2. The molecule has 0 radical (unpaired) electrons. The van der Waals surface area contributed by atoms with E-state index in [1.165, 1.54) is 0 Å². The summed E-state index contributed by atoms with van der Waals surface area (Å²) in [7, 11) is 0. The first kappa shape index (κ1) is 22.0. The molecular weight excluding hydrogens is 290 g/mol. The number of nitrogens with zero attached hydrogens (tertiary/aromatic N) is 3. The van der Waals surface area contributed by atoms with Crippen LogP contribution in [0.4, 0.5) is 0 Å². The third-order valence-corrected chi connectivity index (χ3v) is 3.24. The summed E-state index contributed by atoms with van der Waals surface area (Å²) in [6.07, 6.45) is 1.97. The van der Waals surface area contributed by atoms with Crippen molar-refractivity contribution in [2.75, 3.05) is 19.7 Å². The molecule has 2 N–H and O–H groups in total. The van der Waals surface area contributed by atoms with Gasteiger partial charge in [-0.1, -0.05) is 39.8 Å². The lowest BCUT2D eigenvalue weighted by molar-refractivity contribution is -0.0341. The maximum Gasteiger partial charge on any atom is 0.114 e. The molecule has 0 bridgehead atoms. The van der Waals surface area contributed by atoms with Gasteiger partial charge in [-0.25, -0.2) is 0 Å². The molecule has 0 aliphatic rings. The summed E-state index contributed by atoms with van der Waals surface area (Å²) < 4.78 is 7.88. The van der Waals surface area contributed by atoms with Crippen LogP contribution in [0.2, 0.25) is 0 Å². The molecule has 0 aromatic carbocycles. The van der Waals surface area contributed by atoms with Crippen molar-refractivity contribution in [3.63, 3.8) is 0 Å². The average Bonchev–Trinajstić information content (AvgIpc) is 2.97. The molecule has 0 aliphatic carbocycles. The summed E-state index contributed by atoms with van der Waals surface area (Å²) in [6.45, 7) is 19.9. The van der Waals surface area contributed by atoms with Gasteiger partial charge in [0.2, 0.25) is 0 Å². The normalized spacial score (nSPS) is 12.9. The van der Waals surface area contributed by atoms with Crippen LogP contribution in [-0.2, 0) is 16.9 Å². The molecule has 0 spiro atoms. The van der Waals surface area contributed by atoms with E-state index in [-0.39, 0.29) is 0 Å². The van der Waals surface area contributed by atoms with E-state index >= 15 is 0 Å². The lowest BCUT2D eigenvalue weighted by Gasteiger charge is -2.26. The number of rotatable bonds is 10. The van der Waals surface area contributed by atoms with E-state index in [0.29, 0.717) is 18.7 Å². The fourth-order valence-electron chi connectivity index (χ4n) is 2.08. The van der Waals surface area contributed by atoms with Gasteiger partial charge in [0.25, 0.3) is 0 Å². The van der Waals surface area contributed by atoms with Gasteiger partial charge in [0, 0.05) is 18.6 Å². The van der Waals surface area contributed by atoms with Crippen LogP contribution in [0.3, 0.4) is 0 Å². The monoisotopic (exact) mass is 327 g/mol. The Morgan fingerprint density at radius 2 is 1.91 bits per heavy atom. The van der Waals surface area contributed by atoms with Gasteiger partial charge in [-0.05, 0) is 27.3 Å². The van der Waals surface area contributed by atoms with Crippen molar-refractivity contribution >= 4 is 0 Å². The molecule has 0 saturated heterocycles. The molecule has 1 rings (SSSR count). The number of hydrogen-bond acceptors (Lipinski definition) is 5. The van der Waals surface area contributed by atoms with Gasteiger partial charge in [-0.2, -0.15) is 0 Å². The smallest absolute Gasteiger partial charge is 0.114 e. The van der Waals surface area contributed by atoms with E-state index in [1.807, 2.05) is 38.6 Å². The van der Waals surface area contributed by atoms with E-state index in [1.54, 1.807) is 0 Å². The molecule has 1 unspecified atom stereocenters. The van der Waals surface area contributed by atoms with Gasteiger partial charge in [0.05, 0.1) is 19.3 Å². The van der Waals surface area contributed by atoms with Crippen LogP contribution in [0.15, 0.2) is 6.20 Å². The average molecular weight is 328 g/mol. The van der Waals surface area contributed by atoms with Crippen LogP contribution >= 0.6 is 0 Å². The quantitative estimate of drug-likeness (QED) is 0.647. The molecule has 0 amide bonds. The van der Waals surface area contributed by atoms with Crippen LogP contribution in [0.5, 0.6) is 0 Å². The minimum absolute atomic E-state index is 0.313. The summed E-state index contributed by atoms with van der Waals surface area (Å²) in [6, 6.07) is 0.770. The molecule has 6 nitrogen and oxygen atoms in total. The summed E-state index contributed by atoms with van der Waals surface area (Å²) in [5.41, 5.74) is 0.444. The predicted molar refractivity (Wildman–Crippen MR) is 96.6 cm³/mol. The molecule has 0 fully saturated rings. The Bertz CT molecular complexity index is 403.